The number of anilines is 2. The maximum atomic E-state index is 5.74. The summed E-state index contributed by atoms with van der Waals surface area (Å²) in [6.45, 7) is 0.655. The fourth-order valence-corrected chi connectivity index (χ4v) is 1.98. The number of nitrogens with two attached hydrogens (primary N) is 1. The van der Waals surface area contributed by atoms with E-state index in [-0.39, 0.29) is 5.95 Å². The van der Waals surface area contributed by atoms with Crippen molar-refractivity contribution < 1.29 is 4.74 Å². The molecule has 0 fully saturated rings. The molecule has 0 saturated carbocycles. The molecular weight excluding hydrogens is 276 g/mol. The normalized spacial score (nSPS) is 10.2. The molecule has 5 heteroatoms. The fourth-order valence-electron chi connectivity index (χ4n) is 1.98. The van der Waals surface area contributed by atoms with E-state index in [0.29, 0.717) is 24.0 Å². The van der Waals surface area contributed by atoms with E-state index in [0.717, 1.165) is 5.56 Å². The van der Waals surface area contributed by atoms with E-state index in [4.69, 9.17) is 10.5 Å². The molecule has 22 heavy (non-hydrogen) atoms. The number of nitrogen functional groups attached to an aromatic ring is 1. The first-order valence-electron chi connectivity index (χ1n) is 6.95. The average molecular weight is 292 g/mol. The lowest BCUT2D eigenvalue weighted by atomic mass is 10.2. The Bertz CT molecular complexity index is 732. The quantitative estimate of drug-likeness (QED) is 0.753. The van der Waals surface area contributed by atoms with Crippen LogP contribution in [0.4, 0.5) is 11.8 Å². The molecule has 0 radical (unpaired) electrons. The summed E-state index contributed by atoms with van der Waals surface area (Å²) in [5.74, 6) is 1.91. The highest BCUT2D eigenvalue weighted by molar-refractivity contribution is 5.44. The van der Waals surface area contributed by atoms with Crippen molar-refractivity contribution in [1.82, 2.24) is 9.97 Å². The minimum atomic E-state index is 0.170. The van der Waals surface area contributed by atoms with E-state index in [9.17, 15) is 0 Å². The number of benzene rings is 2. The topological polar surface area (TPSA) is 73.1 Å². The van der Waals surface area contributed by atoms with Crippen molar-refractivity contribution in [3.8, 4) is 11.6 Å². The van der Waals surface area contributed by atoms with Crippen molar-refractivity contribution in [3.05, 3.63) is 72.3 Å². The van der Waals surface area contributed by atoms with Crippen molar-refractivity contribution in [2.75, 3.05) is 11.1 Å². The van der Waals surface area contributed by atoms with E-state index < -0.39 is 0 Å². The fraction of sp³-hybridized carbons (Fsp3) is 0.0588. The van der Waals surface area contributed by atoms with E-state index in [1.54, 1.807) is 6.07 Å². The van der Waals surface area contributed by atoms with Gasteiger partial charge in [-0.15, -0.1) is 0 Å². The predicted molar refractivity (Wildman–Crippen MR) is 86.7 cm³/mol. The van der Waals surface area contributed by atoms with E-state index in [1.807, 2.05) is 60.7 Å². The second kappa shape index (κ2) is 6.58. The summed E-state index contributed by atoms with van der Waals surface area (Å²) in [5, 5.41) is 3.22. The Morgan fingerprint density at radius 3 is 2.32 bits per heavy atom. The number of ether oxygens (including phenoxy) is 1. The molecule has 5 nitrogen and oxygen atoms in total. The lowest BCUT2D eigenvalue weighted by molar-refractivity contribution is 0.463. The summed E-state index contributed by atoms with van der Waals surface area (Å²) in [4.78, 5) is 8.25. The first kappa shape index (κ1) is 13.9. The minimum Gasteiger partial charge on any atom is -0.439 e. The second-order valence-corrected chi connectivity index (χ2v) is 4.70. The van der Waals surface area contributed by atoms with Crippen LogP contribution in [0.2, 0.25) is 0 Å². The molecule has 3 aromatic rings. The number of para-hydroxylation sites is 1. The minimum absolute atomic E-state index is 0.170. The Morgan fingerprint density at radius 1 is 0.909 bits per heavy atom. The van der Waals surface area contributed by atoms with Crippen LogP contribution in [0.5, 0.6) is 11.6 Å². The molecule has 1 heterocycles. The first-order chi connectivity index (χ1) is 10.8. The highest BCUT2D eigenvalue weighted by Gasteiger charge is 2.04. The summed E-state index contributed by atoms with van der Waals surface area (Å²) in [6, 6.07) is 21.2. The molecule has 2 aromatic carbocycles. The molecule has 0 atom stereocenters. The van der Waals surface area contributed by atoms with Gasteiger partial charge in [-0.3, -0.25) is 0 Å². The van der Waals surface area contributed by atoms with Crippen LogP contribution in [0.1, 0.15) is 5.56 Å². The van der Waals surface area contributed by atoms with Crippen LogP contribution in [0, 0.1) is 0 Å². The molecule has 0 unspecified atom stereocenters. The summed E-state index contributed by atoms with van der Waals surface area (Å²) < 4.78 is 5.68. The molecule has 3 N–H and O–H groups in total. The van der Waals surface area contributed by atoms with Gasteiger partial charge in [-0.2, -0.15) is 9.97 Å². The van der Waals surface area contributed by atoms with Gasteiger partial charge in [0.25, 0.3) is 0 Å². The number of rotatable bonds is 5. The van der Waals surface area contributed by atoms with Crippen molar-refractivity contribution >= 4 is 11.8 Å². The second-order valence-electron chi connectivity index (χ2n) is 4.70. The van der Waals surface area contributed by atoms with Gasteiger partial charge in [-0.25, -0.2) is 0 Å². The standard InChI is InChI=1S/C17H16N4O/c18-17-20-15(19-12-13-7-3-1-4-8-13)11-16(21-17)22-14-9-5-2-6-10-14/h1-11H,12H2,(H3,18,19,20,21). The van der Waals surface area contributed by atoms with Crippen LogP contribution in [0.15, 0.2) is 66.7 Å². The van der Waals surface area contributed by atoms with Gasteiger partial charge in [-0.1, -0.05) is 48.5 Å². The number of nitrogens with one attached hydrogen (secondary N) is 1. The molecule has 0 amide bonds. The zero-order valence-electron chi connectivity index (χ0n) is 11.9. The molecule has 1 aromatic heterocycles. The molecule has 3 rings (SSSR count). The average Bonchev–Trinajstić information content (AvgIpc) is 2.54. The van der Waals surface area contributed by atoms with E-state index >= 15 is 0 Å². The van der Waals surface area contributed by atoms with Crippen LogP contribution in [0.3, 0.4) is 0 Å². The number of hydrogen-bond donors (Lipinski definition) is 2. The highest BCUT2D eigenvalue weighted by Crippen LogP contribution is 2.22. The Kier molecular flexibility index (Phi) is 4.15. The van der Waals surface area contributed by atoms with Crippen molar-refractivity contribution in [2.45, 2.75) is 6.54 Å². The van der Waals surface area contributed by atoms with Crippen molar-refractivity contribution in [1.29, 1.82) is 0 Å². The zero-order chi connectivity index (χ0) is 15.2. The third-order valence-electron chi connectivity index (χ3n) is 3.00. The Hall–Kier alpha value is -3.08. The van der Waals surface area contributed by atoms with Gasteiger partial charge in [0, 0.05) is 12.6 Å². The Morgan fingerprint density at radius 2 is 1.59 bits per heavy atom. The van der Waals surface area contributed by atoms with Crippen LogP contribution >= 0.6 is 0 Å². The summed E-state index contributed by atoms with van der Waals surface area (Å²) in [6.07, 6.45) is 0. The maximum Gasteiger partial charge on any atom is 0.226 e. The number of aromatic nitrogens is 2. The SMILES string of the molecule is Nc1nc(NCc2ccccc2)cc(Oc2ccccc2)n1. The largest absolute Gasteiger partial charge is 0.439 e. The first-order valence-corrected chi connectivity index (χ1v) is 6.95. The monoisotopic (exact) mass is 292 g/mol. The lowest BCUT2D eigenvalue weighted by Gasteiger charge is -2.09. The van der Waals surface area contributed by atoms with E-state index in [2.05, 4.69) is 15.3 Å². The summed E-state index contributed by atoms with van der Waals surface area (Å²) in [7, 11) is 0. The molecule has 0 aliphatic rings. The summed E-state index contributed by atoms with van der Waals surface area (Å²) in [5.41, 5.74) is 6.90. The Balaban J connectivity index is 1.72. The lowest BCUT2D eigenvalue weighted by Crippen LogP contribution is -2.05. The summed E-state index contributed by atoms with van der Waals surface area (Å²) >= 11 is 0. The molecule has 0 aliphatic carbocycles. The third-order valence-corrected chi connectivity index (χ3v) is 3.00. The molecule has 0 aliphatic heterocycles. The van der Waals surface area contributed by atoms with Gasteiger partial charge in [0.05, 0.1) is 0 Å². The van der Waals surface area contributed by atoms with Crippen LogP contribution in [-0.2, 0) is 6.54 Å². The molecular formula is C17H16N4O. The van der Waals surface area contributed by atoms with Gasteiger partial charge >= 0.3 is 0 Å². The van der Waals surface area contributed by atoms with Crippen LogP contribution < -0.4 is 15.8 Å². The maximum absolute atomic E-state index is 5.74. The molecule has 0 bridgehead atoms. The van der Waals surface area contributed by atoms with Gasteiger partial charge in [-0.05, 0) is 17.7 Å². The number of hydrogen-bond acceptors (Lipinski definition) is 5. The predicted octanol–water partition coefficient (Wildman–Crippen LogP) is 3.46. The number of nitrogens with zero attached hydrogens (tertiary/aromatic N) is 2. The van der Waals surface area contributed by atoms with Crippen molar-refractivity contribution in [3.63, 3.8) is 0 Å². The molecule has 0 spiro atoms. The molecule has 0 saturated heterocycles. The Labute approximate surface area is 128 Å². The van der Waals surface area contributed by atoms with E-state index in [1.165, 1.54) is 0 Å². The third kappa shape index (κ3) is 3.73. The van der Waals surface area contributed by atoms with Crippen molar-refractivity contribution in [2.24, 2.45) is 0 Å². The van der Waals surface area contributed by atoms with Gasteiger partial charge < -0.3 is 15.8 Å². The van der Waals surface area contributed by atoms with Gasteiger partial charge in [0.2, 0.25) is 11.8 Å². The highest BCUT2D eigenvalue weighted by atomic mass is 16.5. The van der Waals surface area contributed by atoms with Crippen LogP contribution in [0.25, 0.3) is 0 Å². The van der Waals surface area contributed by atoms with Gasteiger partial charge in [0.1, 0.15) is 11.6 Å². The zero-order valence-corrected chi connectivity index (χ0v) is 11.9. The molecule has 110 valence electrons. The van der Waals surface area contributed by atoms with Gasteiger partial charge in [0.15, 0.2) is 0 Å². The smallest absolute Gasteiger partial charge is 0.226 e. The van der Waals surface area contributed by atoms with Crippen LogP contribution in [-0.4, -0.2) is 9.97 Å².